The van der Waals surface area contributed by atoms with Crippen LogP contribution < -0.4 is 30.3 Å². The largest absolute Gasteiger partial charge is 0.506 e. The van der Waals surface area contributed by atoms with Crippen molar-refractivity contribution in [3.63, 3.8) is 0 Å². The predicted octanol–water partition coefficient (Wildman–Crippen LogP) is 6.61. The third kappa shape index (κ3) is 8.34. The molecule has 14 nitrogen and oxygen atoms in total. The van der Waals surface area contributed by atoms with E-state index >= 15 is 0 Å². The lowest BCUT2D eigenvalue weighted by molar-refractivity contribution is -0.384. The number of amides is 4. The Bertz CT molecular complexity index is 1940. The molecule has 0 radical (unpaired) electrons. The van der Waals surface area contributed by atoms with Crippen LogP contribution in [-0.2, 0) is 9.59 Å². The van der Waals surface area contributed by atoms with E-state index in [1.54, 1.807) is 6.07 Å². The first-order valence-corrected chi connectivity index (χ1v) is 14.5. The summed E-state index contributed by atoms with van der Waals surface area (Å²) >= 11 is 0. The summed E-state index contributed by atoms with van der Waals surface area (Å²) in [6.07, 6.45) is -1.00. The summed E-state index contributed by atoms with van der Waals surface area (Å²) in [7, 11) is 1.40. The van der Waals surface area contributed by atoms with E-state index < -0.39 is 34.6 Å². The second-order valence-corrected chi connectivity index (χ2v) is 10.7. The van der Waals surface area contributed by atoms with E-state index in [2.05, 4.69) is 16.0 Å². The molecule has 4 N–H and O–H groups in total. The average Bonchev–Trinajstić information content (AvgIpc) is 3.04. The molecule has 0 aliphatic carbocycles. The van der Waals surface area contributed by atoms with E-state index in [0.29, 0.717) is 17.0 Å². The number of aryl methyl sites for hydroxylation is 2. The van der Waals surface area contributed by atoms with Crippen LogP contribution in [0.15, 0.2) is 72.8 Å². The van der Waals surface area contributed by atoms with Gasteiger partial charge in [0.25, 0.3) is 11.6 Å². The van der Waals surface area contributed by atoms with E-state index in [-0.39, 0.29) is 34.2 Å². The van der Waals surface area contributed by atoms with E-state index in [0.717, 1.165) is 28.2 Å². The number of phenols is 1. The van der Waals surface area contributed by atoms with Crippen molar-refractivity contribution in [2.24, 2.45) is 0 Å². The first kappa shape index (κ1) is 34.3. The van der Waals surface area contributed by atoms with E-state index in [1.807, 2.05) is 32.0 Å². The van der Waals surface area contributed by atoms with Gasteiger partial charge in [-0.1, -0.05) is 17.7 Å². The Balaban J connectivity index is 1.69. The first-order chi connectivity index (χ1) is 22.7. The highest BCUT2D eigenvalue weighted by Crippen LogP contribution is 2.42. The van der Waals surface area contributed by atoms with Gasteiger partial charge < -0.3 is 35.4 Å². The van der Waals surface area contributed by atoms with E-state index in [1.165, 1.54) is 63.4 Å². The van der Waals surface area contributed by atoms with E-state index in [4.69, 9.17) is 14.7 Å². The summed E-state index contributed by atoms with van der Waals surface area (Å²) in [5.41, 5.74) is 2.18. The van der Waals surface area contributed by atoms with Crippen LogP contribution in [0, 0.1) is 35.3 Å². The number of hydrogen-bond acceptors (Lipinski definition) is 9. The molecule has 4 aromatic carbocycles. The molecule has 4 amide bonds. The van der Waals surface area contributed by atoms with Crippen LogP contribution >= 0.6 is 0 Å². The molecule has 0 aliphatic heterocycles. The smallest absolute Gasteiger partial charge is 0.323 e. The number of carbonyl (C=O) groups excluding carboxylic acids is 3. The second-order valence-electron chi connectivity index (χ2n) is 10.7. The maximum absolute atomic E-state index is 13.3. The van der Waals surface area contributed by atoms with Gasteiger partial charge >= 0.3 is 6.03 Å². The number of nitro benzene ring substituents is 1. The highest BCUT2D eigenvalue weighted by Gasteiger charge is 2.23. The Kier molecular flexibility index (Phi) is 10.5. The van der Waals surface area contributed by atoms with Gasteiger partial charge in [0, 0.05) is 43.9 Å². The molecule has 0 aromatic heterocycles. The lowest BCUT2D eigenvalue weighted by Gasteiger charge is -2.22. The maximum atomic E-state index is 13.3. The number of nitriles is 1. The molecule has 1 atom stereocenters. The minimum absolute atomic E-state index is 0.00736. The summed E-state index contributed by atoms with van der Waals surface area (Å²) < 4.78 is 12.0. The topological polar surface area (TPSA) is 196 Å². The van der Waals surface area contributed by atoms with Crippen molar-refractivity contribution in [1.29, 1.82) is 5.26 Å². The molecule has 1 unspecified atom stereocenters. The van der Waals surface area contributed by atoms with Crippen LogP contribution in [0.4, 0.5) is 33.2 Å². The van der Waals surface area contributed by atoms with Crippen molar-refractivity contribution in [2.75, 3.05) is 27.9 Å². The molecular weight excluding hydrogens is 620 g/mol. The summed E-state index contributed by atoms with van der Waals surface area (Å²) in [6, 6.07) is 18.8. The second kappa shape index (κ2) is 14.6. The number of nitrogens with one attached hydrogen (secondary N) is 3. The number of nitro groups is 1. The van der Waals surface area contributed by atoms with Gasteiger partial charge in [-0.25, -0.2) is 4.79 Å². The average molecular weight is 653 g/mol. The third-order valence-corrected chi connectivity index (χ3v) is 7.09. The van der Waals surface area contributed by atoms with Crippen LogP contribution in [0.3, 0.4) is 0 Å². The fourth-order valence-corrected chi connectivity index (χ4v) is 4.43. The number of carbonyl (C=O) groups is 3. The third-order valence-electron chi connectivity index (χ3n) is 7.09. The fraction of sp³-hybridized carbons (Fsp3) is 0.176. The number of phenolic OH excluding ortho intramolecular Hbond substituents is 1. The molecule has 14 heteroatoms. The number of rotatable bonds is 10. The number of nitrogens with zero attached hydrogens (tertiary/aromatic N) is 3. The number of hydrogen-bond donors (Lipinski definition) is 4. The normalized spacial score (nSPS) is 11.0. The lowest BCUT2D eigenvalue weighted by Crippen LogP contribution is -2.30. The quantitative estimate of drug-likeness (QED) is 0.0827. The molecule has 0 heterocycles. The Morgan fingerprint density at radius 3 is 2.23 bits per heavy atom. The number of benzene rings is 4. The van der Waals surface area contributed by atoms with Crippen molar-refractivity contribution in [3.05, 3.63) is 99.6 Å². The molecule has 0 spiro atoms. The summed E-state index contributed by atoms with van der Waals surface area (Å²) in [5, 5.41) is 39.1. The molecule has 0 bridgehead atoms. The van der Waals surface area contributed by atoms with Crippen molar-refractivity contribution in [2.45, 2.75) is 33.8 Å². The maximum Gasteiger partial charge on any atom is 0.323 e. The van der Waals surface area contributed by atoms with Gasteiger partial charge in [0.15, 0.2) is 17.6 Å². The molecule has 4 rings (SSSR count). The Labute approximate surface area is 275 Å². The number of aromatic hydroxyl groups is 1. The fourth-order valence-electron chi connectivity index (χ4n) is 4.43. The minimum Gasteiger partial charge on any atom is -0.506 e. The van der Waals surface area contributed by atoms with Crippen molar-refractivity contribution in [1.82, 2.24) is 0 Å². The van der Waals surface area contributed by atoms with Crippen molar-refractivity contribution >= 4 is 46.3 Å². The van der Waals surface area contributed by atoms with Crippen LogP contribution in [0.5, 0.6) is 23.0 Å². The number of anilines is 4. The van der Waals surface area contributed by atoms with Gasteiger partial charge in [-0.15, -0.1) is 0 Å². The van der Waals surface area contributed by atoms with Gasteiger partial charge in [-0.2, -0.15) is 5.26 Å². The van der Waals surface area contributed by atoms with Crippen LogP contribution in [0.25, 0.3) is 0 Å². The monoisotopic (exact) mass is 652 g/mol. The molecule has 0 fully saturated rings. The highest BCUT2D eigenvalue weighted by atomic mass is 16.6. The number of urea groups is 1. The first-order valence-electron chi connectivity index (χ1n) is 14.5. The van der Waals surface area contributed by atoms with Crippen LogP contribution in [0.2, 0.25) is 0 Å². The standard InChI is InChI=1S/C34H32N6O8/c1-19-6-12-30(20(2)14-19)47-21(3)33(43)37-27-16-29(42)26(38-34(44)36-24-9-7-23(18-35)8-10-24)17-32(27)48-31-13-11-25(40(45)46)15-28(31)39(5)22(4)41/h6-17,21,42H,1-5H3,(H,37,43)(H2,36,38,44). The van der Waals surface area contributed by atoms with E-state index in [9.17, 15) is 29.6 Å². The highest BCUT2D eigenvalue weighted by molar-refractivity contribution is 6.02. The van der Waals surface area contributed by atoms with Gasteiger partial charge in [0.2, 0.25) is 5.91 Å². The number of non-ortho nitro benzene ring substituents is 1. The molecule has 0 saturated carbocycles. The van der Waals surface area contributed by atoms with Crippen molar-refractivity contribution in [3.8, 4) is 29.1 Å². The minimum atomic E-state index is -1.00. The molecule has 0 aliphatic rings. The molecular formula is C34H32N6O8. The zero-order valence-corrected chi connectivity index (χ0v) is 26.7. The van der Waals surface area contributed by atoms with Crippen molar-refractivity contribution < 1.29 is 33.9 Å². The van der Waals surface area contributed by atoms with Gasteiger partial charge in [-0.05, 0) is 62.7 Å². The molecule has 246 valence electrons. The molecule has 48 heavy (non-hydrogen) atoms. The van der Waals surface area contributed by atoms with Gasteiger partial charge in [-0.3, -0.25) is 19.7 Å². The molecule has 4 aromatic rings. The zero-order chi connectivity index (χ0) is 35.1. The Morgan fingerprint density at radius 1 is 0.917 bits per heavy atom. The molecule has 0 saturated heterocycles. The summed E-state index contributed by atoms with van der Waals surface area (Å²) in [6.45, 7) is 6.58. The van der Waals surface area contributed by atoms with Crippen LogP contribution in [0.1, 0.15) is 30.5 Å². The summed E-state index contributed by atoms with van der Waals surface area (Å²) in [5.74, 6) is -1.10. The van der Waals surface area contributed by atoms with Gasteiger partial charge in [0.05, 0.1) is 33.6 Å². The Hall–Kier alpha value is -6.62. The summed E-state index contributed by atoms with van der Waals surface area (Å²) in [4.78, 5) is 50.4. The van der Waals surface area contributed by atoms with Gasteiger partial charge in [0.1, 0.15) is 11.5 Å². The lowest BCUT2D eigenvalue weighted by atomic mass is 10.1. The number of ether oxygens (including phenoxy) is 2. The SMILES string of the molecule is CC(=O)N(C)c1cc([N+](=O)[O-])ccc1Oc1cc(NC(=O)Nc2ccc(C#N)cc2)c(O)cc1NC(=O)C(C)Oc1ccc(C)cc1C. The Morgan fingerprint density at radius 2 is 1.60 bits per heavy atom. The van der Waals surface area contributed by atoms with Crippen LogP contribution in [-0.4, -0.2) is 41.0 Å². The predicted molar refractivity (Wildman–Crippen MR) is 179 cm³/mol. The zero-order valence-electron chi connectivity index (χ0n) is 26.7.